The molecule has 0 amide bonds. The van der Waals surface area contributed by atoms with E-state index in [9.17, 15) is 0 Å². The fourth-order valence-electron chi connectivity index (χ4n) is 2.66. The molecule has 2 unspecified atom stereocenters. The number of pyridine rings is 1. The highest BCUT2D eigenvalue weighted by Crippen LogP contribution is 2.37. The van der Waals surface area contributed by atoms with E-state index in [2.05, 4.69) is 16.0 Å². The lowest BCUT2D eigenvalue weighted by Gasteiger charge is -2.12. The number of nitriles is 1. The maximum absolute atomic E-state index is 8.99. The van der Waals surface area contributed by atoms with Crippen molar-refractivity contribution in [1.29, 1.82) is 5.26 Å². The van der Waals surface area contributed by atoms with Gasteiger partial charge in [0, 0.05) is 17.5 Å². The zero-order valence-corrected chi connectivity index (χ0v) is 11.9. The molecule has 2 aromatic rings. The summed E-state index contributed by atoms with van der Waals surface area (Å²) in [6.07, 6.45) is 4.49. The molecule has 0 N–H and O–H groups in total. The average molecular weight is 295 g/mol. The number of nitrogens with zero attached hydrogens (tertiary/aromatic N) is 4. The van der Waals surface area contributed by atoms with Crippen LogP contribution in [0, 0.1) is 24.2 Å². The third-order valence-corrected chi connectivity index (χ3v) is 4.63. The summed E-state index contributed by atoms with van der Waals surface area (Å²) in [6, 6.07) is 2.59. The first-order chi connectivity index (χ1) is 9.11. The van der Waals surface area contributed by atoms with Gasteiger partial charge in [0.05, 0.1) is 17.4 Å². The quantitative estimate of drug-likeness (QED) is 0.749. The van der Waals surface area contributed by atoms with Gasteiger partial charge in [-0.3, -0.25) is 0 Å². The highest BCUT2D eigenvalue weighted by Gasteiger charge is 2.27. The van der Waals surface area contributed by atoms with Crippen LogP contribution >= 0.6 is 23.2 Å². The van der Waals surface area contributed by atoms with Crippen LogP contribution in [0.25, 0.3) is 11.2 Å². The Balaban J connectivity index is 2.09. The molecule has 19 heavy (non-hydrogen) atoms. The Kier molecular flexibility index (Phi) is 3.12. The van der Waals surface area contributed by atoms with Crippen molar-refractivity contribution in [3.63, 3.8) is 0 Å². The fourth-order valence-corrected chi connectivity index (χ4v) is 3.11. The molecule has 1 fully saturated rings. The van der Waals surface area contributed by atoms with Crippen LogP contribution in [0.4, 0.5) is 0 Å². The summed E-state index contributed by atoms with van der Waals surface area (Å²) in [5.41, 5.74) is 2.15. The van der Waals surface area contributed by atoms with Crippen LogP contribution in [0.1, 0.15) is 30.9 Å². The number of fused-ring (bicyclic) bond motifs is 1. The van der Waals surface area contributed by atoms with Gasteiger partial charge in [-0.2, -0.15) is 5.26 Å². The Hall–Kier alpha value is -1.31. The van der Waals surface area contributed by atoms with E-state index in [4.69, 9.17) is 28.5 Å². The molecule has 2 aromatic heterocycles. The normalized spacial score (nSPS) is 22.8. The Morgan fingerprint density at radius 1 is 1.42 bits per heavy atom. The van der Waals surface area contributed by atoms with Crippen molar-refractivity contribution in [2.45, 2.75) is 32.2 Å². The van der Waals surface area contributed by atoms with E-state index >= 15 is 0 Å². The molecule has 0 radical (unpaired) electrons. The van der Waals surface area contributed by atoms with Gasteiger partial charge in [0.15, 0.2) is 5.65 Å². The molecule has 1 aliphatic carbocycles. The molecule has 0 spiro atoms. The van der Waals surface area contributed by atoms with E-state index in [1.54, 1.807) is 6.33 Å². The van der Waals surface area contributed by atoms with Gasteiger partial charge >= 0.3 is 0 Å². The van der Waals surface area contributed by atoms with Crippen molar-refractivity contribution >= 4 is 34.4 Å². The summed E-state index contributed by atoms with van der Waals surface area (Å²) >= 11 is 12.4. The van der Waals surface area contributed by atoms with E-state index in [0.29, 0.717) is 21.3 Å². The molecule has 0 bridgehead atoms. The molecule has 2 atom stereocenters. The minimum Gasteiger partial charge on any atom is -0.312 e. The van der Waals surface area contributed by atoms with E-state index < -0.39 is 0 Å². The second-order valence-electron chi connectivity index (χ2n) is 4.96. The van der Waals surface area contributed by atoms with Crippen molar-refractivity contribution in [2.24, 2.45) is 5.92 Å². The monoisotopic (exact) mass is 294 g/mol. The highest BCUT2D eigenvalue weighted by molar-refractivity contribution is 6.38. The topological polar surface area (TPSA) is 54.5 Å². The van der Waals surface area contributed by atoms with Gasteiger partial charge in [-0.25, -0.2) is 9.97 Å². The SMILES string of the molecule is Cc1c(Cl)nc2c(ncn2C2CCC(C#N)C2)c1Cl. The van der Waals surface area contributed by atoms with E-state index in [1.807, 2.05) is 11.5 Å². The smallest absolute Gasteiger partial charge is 0.163 e. The van der Waals surface area contributed by atoms with Gasteiger partial charge in [-0.1, -0.05) is 23.2 Å². The number of hydrogen-bond acceptors (Lipinski definition) is 3. The van der Waals surface area contributed by atoms with Gasteiger partial charge in [-0.05, 0) is 26.2 Å². The maximum atomic E-state index is 8.99. The number of halogens is 2. The molecule has 1 saturated carbocycles. The molecule has 6 heteroatoms. The molecular weight excluding hydrogens is 283 g/mol. The zero-order chi connectivity index (χ0) is 13.6. The second-order valence-corrected chi connectivity index (χ2v) is 5.69. The lowest BCUT2D eigenvalue weighted by molar-refractivity contribution is 0.517. The van der Waals surface area contributed by atoms with Gasteiger partial charge in [0.25, 0.3) is 0 Å². The van der Waals surface area contributed by atoms with E-state index in [0.717, 1.165) is 24.8 Å². The van der Waals surface area contributed by atoms with Gasteiger partial charge in [0.1, 0.15) is 10.7 Å². The minimum absolute atomic E-state index is 0.124. The first-order valence-electron chi connectivity index (χ1n) is 6.19. The third kappa shape index (κ3) is 1.98. The van der Waals surface area contributed by atoms with Crippen molar-refractivity contribution in [3.05, 3.63) is 22.1 Å². The fraction of sp³-hybridized carbons (Fsp3) is 0.462. The van der Waals surface area contributed by atoms with Gasteiger partial charge < -0.3 is 4.57 Å². The van der Waals surface area contributed by atoms with Crippen LogP contribution in [-0.2, 0) is 0 Å². The average Bonchev–Trinajstić information content (AvgIpc) is 3.01. The molecule has 0 saturated heterocycles. The zero-order valence-electron chi connectivity index (χ0n) is 10.4. The lowest BCUT2D eigenvalue weighted by atomic mass is 10.1. The molecule has 2 heterocycles. The van der Waals surface area contributed by atoms with E-state index in [-0.39, 0.29) is 12.0 Å². The summed E-state index contributed by atoms with van der Waals surface area (Å²) in [5, 5.41) is 9.96. The molecular formula is C13H12Cl2N4. The van der Waals surface area contributed by atoms with E-state index in [1.165, 1.54) is 0 Å². The molecule has 4 nitrogen and oxygen atoms in total. The van der Waals surface area contributed by atoms with Crippen LogP contribution in [-0.4, -0.2) is 14.5 Å². The minimum atomic E-state index is 0.124. The Bertz CT molecular complexity index is 686. The lowest BCUT2D eigenvalue weighted by Crippen LogP contribution is -2.05. The second kappa shape index (κ2) is 4.66. The summed E-state index contributed by atoms with van der Waals surface area (Å²) in [7, 11) is 0. The molecule has 98 valence electrons. The van der Waals surface area contributed by atoms with Crippen LogP contribution < -0.4 is 0 Å². The Morgan fingerprint density at radius 2 is 2.21 bits per heavy atom. The maximum Gasteiger partial charge on any atom is 0.163 e. The number of rotatable bonds is 1. The predicted molar refractivity (Wildman–Crippen MR) is 74.3 cm³/mol. The largest absolute Gasteiger partial charge is 0.312 e. The molecule has 3 rings (SSSR count). The number of imidazole rings is 1. The summed E-state index contributed by atoms with van der Waals surface area (Å²) in [5.74, 6) is 0.124. The summed E-state index contributed by atoms with van der Waals surface area (Å²) < 4.78 is 2.00. The Labute approximate surface area is 121 Å². The van der Waals surface area contributed by atoms with Crippen LogP contribution in [0.2, 0.25) is 10.2 Å². The molecule has 0 aliphatic heterocycles. The van der Waals surface area contributed by atoms with Crippen molar-refractivity contribution in [2.75, 3.05) is 0 Å². The number of aromatic nitrogens is 3. The van der Waals surface area contributed by atoms with Gasteiger partial charge in [-0.15, -0.1) is 0 Å². The highest BCUT2D eigenvalue weighted by atomic mass is 35.5. The van der Waals surface area contributed by atoms with Crippen LogP contribution in [0.5, 0.6) is 0 Å². The van der Waals surface area contributed by atoms with Gasteiger partial charge in [0.2, 0.25) is 0 Å². The molecule has 0 aromatic carbocycles. The summed E-state index contributed by atoms with van der Waals surface area (Å²) in [6.45, 7) is 1.83. The Morgan fingerprint density at radius 3 is 2.89 bits per heavy atom. The standard InChI is InChI=1S/C13H12Cl2N4/c1-7-10(14)11-13(18-12(7)15)19(6-17-11)9-3-2-8(4-9)5-16/h6,8-9H,2-4H2,1H3. The number of hydrogen-bond donors (Lipinski definition) is 0. The first kappa shape index (κ1) is 12.7. The summed E-state index contributed by atoms with van der Waals surface area (Å²) in [4.78, 5) is 8.73. The van der Waals surface area contributed by atoms with Crippen molar-refractivity contribution < 1.29 is 0 Å². The first-order valence-corrected chi connectivity index (χ1v) is 6.95. The van der Waals surface area contributed by atoms with Crippen LogP contribution in [0.15, 0.2) is 6.33 Å². The van der Waals surface area contributed by atoms with Crippen LogP contribution in [0.3, 0.4) is 0 Å². The van der Waals surface area contributed by atoms with Crippen molar-refractivity contribution in [3.8, 4) is 6.07 Å². The third-order valence-electron chi connectivity index (χ3n) is 3.80. The van der Waals surface area contributed by atoms with Crippen molar-refractivity contribution in [1.82, 2.24) is 14.5 Å². The predicted octanol–water partition coefficient (Wildman–Crippen LogP) is 3.91. The molecule has 1 aliphatic rings.